The van der Waals surface area contributed by atoms with Gasteiger partial charge in [-0.25, -0.2) is 9.59 Å². The Kier molecular flexibility index (Phi) is 10.3. The lowest BCUT2D eigenvalue weighted by Gasteiger charge is -2.28. The van der Waals surface area contributed by atoms with Crippen molar-refractivity contribution < 1.29 is 19.1 Å². The lowest BCUT2D eigenvalue weighted by Crippen LogP contribution is -2.13. The fourth-order valence-corrected chi connectivity index (χ4v) is 4.05. The summed E-state index contributed by atoms with van der Waals surface area (Å²) in [5.74, 6) is -0.791. The van der Waals surface area contributed by atoms with Crippen LogP contribution in [0.15, 0.2) is 92.0 Å². The van der Waals surface area contributed by atoms with Gasteiger partial charge in [-0.3, -0.25) is 0 Å². The molecule has 0 fully saturated rings. The molecule has 0 aliphatic heterocycles. The van der Waals surface area contributed by atoms with Crippen molar-refractivity contribution in [3.8, 4) is 0 Å². The van der Waals surface area contributed by atoms with Gasteiger partial charge in [0, 0.05) is 29.2 Å². The number of rotatable bonds is 13. The molecule has 0 unspecified atom stereocenters. The number of ether oxygens (including phenoxy) is 2. The normalized spacial score (nSPS) is 10.4. The second-order valence-electron chi connectivity index (χ2n) is 8.85. The first-order valence-corrected chi connectivity index (χ1v) is 12.6. The average Bonchev–Trinajstić information content (AvgIpc) is 2.92. The highest BCUT2D eigenvalue weighted by atomic mass is 16.5. The summed E-state index contributed by atoms with van der Waals surface area (Å²) >= 11 is 0. The van der Waals surface area contributed by atoms with Crippen molar-refractivity contribution in [1.29, 1.82) is 0 Å². The predicted octanol–water partition coefficient (Wildman–Crippen LogP) is 7.10. The standard InChI is InChI=1S/C32H35NO4/c1-5-31(34)36-21-9-11-26-16-19-28(20-17-26)33(29-18-15-24(3)25(4)23-29)30-14-8-7-12-27(30)13-10-22-37-32(35)6-2/h5-8,12,14-20,23H,1-2,9-11,13,21-22H2,3-4H3. The number of aryl methyl sites for hydroxylation is 4. The number of benzene rings is 3. The van der Waals surface area contributed by atoms with Crippen LogP contribution in [0.2, 0.25) is 0 Å². The monoisotopic (exact) mass is 497 g/mol. The Labute approximate surface area is 220 Å². The van der Waals surface area contributed by atoms with Crippen molar-refractivity contribution in [1.82, 2.24) is 0 Å². The molecule has 0 aliphatic carbocycles. The zero-order chi connectivity index (χ0) is 26.6. The Morgan fingerprint density at radius 2 is 1.35 bits per heavy atom. The van der Waals surface area contributed by atoms with Crippen LogP contribution in [-0.2, 0) is 31.9 Å². The highest BCUT2D eigenvalue weighted by Crippen LogP contribution is 2.38. The molecule has 0 radical (unpaired) electrons. The molecule has 37 heavy (non-hydrogen) atoms. The zero-order valence-corrected chi connectivity index (χ0v) is 21.7. The maximum atomic E-state index is 11.4. The molecule has 5 heteroatoms. The Morgan fingerprint density at radius 3 is 1.97 bits per heavy atom. The molecule has 192 valence electrons. The van der Waals surface area contributed by atoms with E-state index in [1.165, 1.54) is 34.4 Å². The van der Waals surface area contributed by atoms with Gasteiger partial charge in [-0.2, -0.15) is 0 Å². The van der Waals surface area contributed by atoms with Crippen molar-refractivity contribution in [3.63, 3.8) is 0 Å². The number of hydrogen-bond donors (Lipinski definition) is 0. The first-order chi connectivity index (χ1) is 17.9. The van der Waals surface area contributed by atoms with E-state index in [0.717, 1.165) is 36.3 Å². The maximum absolute atomic E-state index is 11.4. The van der Waals surface area contributed by atoms with Gasteiger partial charge in [0.1, 0.15) is 0 Å². The molecule has 0 aromatic heterocycles. The summed E-state index contributed by atoms with van der Waals surface area (Å²) in [6, 6.07) is 23.3. The molecule has 3 aromatic rings. The van der Waals surface area contributed by atoms with E-state index in [1.807, 2.05) is 12.1 Å². The van der Waals surface area contributed by atoms with Gasteiger partial charge in [0.05, 0.1) is 13.2 Å². The maximum Gasteiger partial charge on any atom is 0.330 e. The third-order valence-corrected chi connectivity index (χ3v) is 6.20. The van der Waals surface area contributed by atoms with Crippen LogP contribution in [0.1, 0.15) is 35.1 Å². The molecule has 0 amide bonds. The van der Waals surface area contributed by atoms with Gasteiger partial charge in [0.2, 0.25) is 0 Å². The molecule has 0 N–H and O–H groups in total. The first-order valence-electron chi connectivity index (χ1n) is 12.6. The van der Waals surface area contributed by atoms with E-state index in [0.29, 0.717) is 19.6 Å². The minimum absolute atomic E-state index is 0.347. The largest absolute Gasteiger partial charge is 0.463 e. The van der Waals surface area contributed by atoms with E-state index in [2.05, 4.69) is 86.5 Å². The second kappa shape index (κ2) is 13.8. The Balaban J connectivity index is 1.86. The number of carbonyl (C=O) groups is 2. The SMILES string of the molecule is C=CC(=O)OCCCc1ccc(N(c2ccc(C)c(C)c2)c2ccccc2CCCOC(=O)C=C)cc1. The lowest BCUT2D eigenvalue weighted by atomic mass is 10.0. The Morgan fingerprint density at radius 1 is 0.757 bits per heavy atom. The van der Waals surface area contributed by atoms with E-state index in [-0.39, 0.29) is 0 Å². The molecule has 0 saturated heterocycles. The molecule has 3 aromatic carbocycles. The molecule has 3 rings (SSSR count). The molecule has 0 saturated carbocycles. The quantitative estimate of drug-likeness (QED) is 0.143. The van der Waals surface area contributed by atoms with Gasteiger partial charge in [-0.05, 0) is 92.1 Å². The van der Waals surface area contributed by atoms with E-state index >= 15 is 0 Å². The predicted molar refractivity (Wildman–Crippen MR) is 150 cm³/mol. The molecular formula is C32H35NO4. The van der Waals surface area contributed by atoms with Crippen LogP contribution < -0.4 is 4.90 Å². The lowest BCUT2D eigenvalue weighted by molar-refractivity contribution is -0.138. The molecule has 0 spiro atoms. The molecule has 0 heterocycles. The van der Waals surface area contributed by atoms with Crippen LogP contribution in [0, 0.1) is 13.8 Å². The van der Waals surface area contributed by atoms with Crippen molar-refractivity contribution in [2.75, 3.05) is 18.1 Å². The van der Waals surface area contributed by atoms with Gasteiger partial charge in [-0.15, -0.1) is 0 Å². The zero-order valence-electron chi connectivity index (χ0n) is 21.7. The highest BCUT2D eigenvalue weighted by molar-refractivity contribution is 5.81. The molecular weight excluding hydrogens is 462 g/mol. The molecule has 0 aliphatic rings. The van der Waals surface area contributed by atoms with E-state index in [9.17, 15) is 9.59 Å². The molecule has 0 atom stereocenters. The summed E-state index contributed by atoms with van der Waals surface area (Å²) in [5.41, 5.74) is 8.04. The number of nitrogens with zero attached hydrogens (tertiary/aromatic N) is 1. The van der Waals surface area contributed by atoms with Gasteiger partial charge in [-0.1, -0.05) is 49.6 Å². The fourth-order valence-electron chi connectivity index (χ4n) is 4.05. The number of esters is 2. The first kappa shape index (κ1) is 27.5. The topological polar surface area (TPSA) is 55.8 Å². The molecule has 0 bridgehead atoms. The summed E-state index contributed by atoms with van der Waals surface area (Å²) in [6.07, 6.45) is 5.42. The third kappa shape index (κ3) is 7.94. The second-order valence-corrected chi connectivity index (χ2v) is 8.85. The number of anilines is 3. The minimum Gasteiger partial charge on any atom is -0.463 e. The van der Waals surface area contributed by atoms with Crippen LogP contribution in [0.25, 0.3) is 0 Å². The van der Waals surface area contributed by atoms with E-state index < -0.39 is 11.9 Å². The number of para-hydroxylation sites is 1. The Hall–Kier alpha value is -4.12. The third-order valence-electron chi connectivity index (χ3n) is 6.20. The van der Waals surface area contributed by atoms with Crippen LogP contribution in [0.5, 0.6) is 0 Å². The van der Waals surface area contributed by atoms with Crippen LogP contribution in [0.3, 0.4) is 0 Å². The van der Waals surface area contributed by atoms with E-state index in [1.54, 1.807) is 0 Å². The smallest absolute Gasteiger partial charge is 0.330 e. The van der Waals surface area contributed by atoms with Crippen molar-refractivity contribution >= 4 is 29.0 Å². The summed E-state index contributed by atoms with van der Waals surface area (Å²) in [7, 11) is 0. The number of hydrogen-bond acceptors (Lipinski definition) is 5. The van der Waals surface area contributed by atoms with Gasteiger partial charge in [0.25, 0.3) is 0 Å². The van der Waals surface area contributed by atoms with Crippen LogP contribution >= 0.6 is 0 Å². The highest BCUT2D eigenvalue weighted by Gasteiger charge is 2.16. The summed E-state index contributed by atoms with van der Waals surface area (Å²) < 4.78 is 10.3. The van der Waals surface area contributed by atoms with Gasteiger partial charge >= 0.3 is 11.9 Å². The fraction of sp³-hybridized carbons (Fsp3) is 0.250. The Bertz CT molecular complexity index is 1230. The average molecular weight is 498 g/mol. The van der Waals surface area contributed by atoms with Crippen LogP contribution in [-0.4, -0.2) is 25.2 Å². The summed E-state index contributed by atoms with van der Waals surface area (Å²) in [6.45, 7) is 11.8. The summed E-state index contributed by atoms with van der Waals surface area (Å²) in [5, 5.41) is 0. The molecule has 5 nitrogen and oxygen atoms in total. The van der Waals surface area contributed by atoms with Crippen molar-refractivity contribution in [2.24, 2.45) is 0 Å². The van der Waals surface area contributed by atoms with Gasteiger partial charge < -0.3 is 14.4 Å². The van der Waals surface area contributed by atoms with E-state index in [4.69, 9.17) is 9.47 Å². The van der Waals surface area contributed by atoms with Gasteiger partial charge in [0.15, 0.2) is 0 Å². The minimum atomic E-state index is -0.399. The number of carbonyl (C=O) groups excluding carboxylic acids is 2. The van der Waals surface area contributed by atoms with Crippen molar-refractivity contribution in [2.45, 2.75) is 39.5 Å². The summed E-state index contributed by atoms with van der Waals surface area (Å²) in [4.78, 5) is 24.9. The van der Waals surface area contributed by atoms with Crippen molar-refractivity contribution in [3.05, 3.63) is 114 Å². The van der Waals surface area contributed by atoms with Crippen LogP contribution in [0.4, 0.5) is 17.1 Å².